The molecule has 0 heterocycles. The van der Waals surface area contributed by atoms with Crippen molar-refractivity contribution in [3.63, 3.8) is 0 Å². The van der Waals surface area contributed by atoms with Crippen LogP contribution in [0.2, 0.25) is 0 Å². The molecule has 1 rings (SSSR count). The SMILES string of the molecule is CC1(NC=O)CC1NC=O. The van der Waals surface area contributed by atoms with Gasteiger partial charge < -0.3 is 10.6 Å². The fourth-order valence-electron chi connectivity index (χ4n) is 0.984. The Kier molecular flexibility index (Phi) is 1.61. The number of hydrogen-bond donors (Lipinski definition) is 2. The molecular weight excluding hydrogens is 132 g/mol. The zero-order valence-electron chi connectivity index (χ0n) is 5.76. The molecule has 4 heteroatoms. The molecule has 1 saturated carbocycles. The first kappa shape index (κ1) is 7.05. The third-order valence-corrected chi connectivity index (χ3v) is 1.90. The fourth-order valence-corrected chi connectivity index (χ4v) is 0.984. The molecule has 1 aliphatic carbocycles. The van der Waals surface area contributed by atoms with Crippen molar-refractivity contribution in [3.05, 3.63) is 0 Å². The lowest BCUT2D eigenvalue weighted by Gasteiger charge is -2.07. The summed E-state index contributed by atoms with van der Waals surface area (Å²) in [7, 11) is 0. The van der Waals surface area contributed by atoms with Gasteiger partial charge >= 0.3 is 0 Å². The molecule has 1 fully saturated rings. The largest absolute Gasteiger partial charge is 0.354 e. The highest BCUT2D eigenvalue weighted by molar-refractivity contribution is 5.53. The van der Waals surface area contributed by atoms with Gasteiger partial charge in [-0.1, -0.05) is 0 Å². The highest BCUT2D eigenvalue weighted by atomic mass is 16.1. The normalized spacial score (nSPS) is 36.3. The molecule has 1 aliphatic rings. The van der Waals surface area contributed by atoms with Gasteiger partial charge in [0.2, 0.25) is 12.8 Å². The highest BCUT2D eigenvalue weighted by Gasteiger charge is 2.49. The molecule has 2 amide bonds. The van der Waals surface area contributed by atoms with Crippen LogP contribution in [-0.2, 0) is 9.59 Å². The number of carbonyl (C=O) groups is 2. The average Bonchev–Trinajstić information content (AvgIpc) is 2.44. The molecule has 0 aromatic carbocycles. The van der Waals surface area contributed by atoms with Crippen LogP contribution in [0.3, 0.4) is 0 Å². The molecule has 0 aromatic rings. The lowest BCUT2D eigenvalue weighted by atomic mass is 10.3. The minimum atomic E-state index is -0.192. The van der Waals surface area contributed by atoms with Crippen molar-refractivity contribution >= 4 is 12.8 Å². The molecular formula is C6H10N2O2. The summed E-state index contributed by atoms with van der Waals surface area (Å²) < 4.78 is 0. The zero-order chi connectivity index (χ0) is 7.61. The average molecular weight is 142 g/mol. The highest BCUT2D eigenvalue weighted by Crippen LogP contribution is 2.34. The van der Waals surface area contributed by atoms with Gasteiger partial charge in [-0.05, 0) is 13.3 Å². The van der Waals surface area contributed by atoms with Gasteiger partial charge in [0.15, 0.2) is 0 Å². The van der Waals surface area contributed by atoms with Crippen LogP contribution in [0.5, 0.6) is 0 Å². The van der Waals surface area contributed by atoms with Crippen molar-refractivity contribution in [1.82, 2.24) is 10.6 Å². The van der Waals surface area contributed by atoms with Gasteiger partial charge in [0.05, 0.1) is 11.6 Å². The number of carbonyl (C=O) groups excluding carboxylic acids is 2. The Hall–Kier alpha value is -1.06. The Morgan fingerprint density at radius 3 is 2.70 bits per heavy atom. The zero-order valence-corrected chi connectivity index (χ0v) is 5.76. The van der Waals surface area contributed by atoms with Gasteiger partial charge in [-0.3, -0.25) is 9.59 Å². The minimum absolute atomic E-state index is 0.121. The van der Waals surface area contributed by atoms with Gasteiger partial charge in [0, 0.05) is 0 Å². The summed E-state index contributed by atoms with van der Waals surface area (Å²) >= 11 is 0. The minimum Gasteiger partial charge on any atom is -0.354 e. The molecule has 0 bridgehead atoms. The van der Waals surface area contributed by atoms with Crippen LogP contribution in [0.15, 0.2) is 0 Å². The Balaban J connectivity index is 2.32. The fraction of sp³-hybridized carbons (Fsp3) is 0.667. The molecule has 2 atom stereocenters. The first-order valence-electron chi connectivity index (χ1n) is 3.14. The van der Waals surface area contributed by atoms with E-state index in [0.29, 0.717) is 12.8 Å². The van der Waals surface area contributed by atoms with E-state index in [1.165, 1.54) is 0 Å². The smallest absolute Gasteiger partial charge is 0.207 e. The molecule has 0 saturated heterocycles. The number of nitrogens with one attached hydrogen (secondary N) is 2. The van der Waals surface area contributed by atoms with Crippen LogP contribution in [0.25, 0.3) is 0 Å². The van der Waals surface area contributed by atoms with E-state index in [1.54, 1.807) is 0 Å². The topological polar surface area (TPSA) is 58.2 Å². The van der Waals surface area contributed by atoms with E-state index in [-0.39, 0.29) is 11.6 Å². The molecule has 10 heavy (non-hydrogen) atoms. The van der Waals surface area contributed by atoms with Gasteiger partial charge in [0.1, 0.15) is 0 Å². The summed E-state index contributed by atoms with van der Waals surface area (Å²) in [4.78, 5) is 19.9. The van der Waals surface area contributed by atoms with Crippen LogP contribution in [0, 0.1) is 0 Å². The summed E-state index contributed by atoms with van der Waals surface area (Å²) in [5.41, 5.74) is -0.192. The van der Waals surface area contributed by atoms with Crippen molar-refractivity contribution in [3.8, 4) is 0 Å². The summed E-state index contributed by atoms with van der Waals surface area (Å²) in [5.74, 6) is 0. The predicted octanol–water partition coefficient (Wildman–Crippen LogP) is -0.991. The van der Waals surface area contributed by atoms with E-state index in [9.17, 15) is 9.59 Å². The van der Waals surface area contributed by atoms with Crippen molar-refractivity contribution in [1.29, 1.82) is 0 Å². The van der Waals surface area contributed by atoms with Crippen LogP contribution >= 0.6 is 0 Å². The molecule has 2 unspecified atom stereocenters. The van der Waals surface area contributed by atoms with Crippen LogP contribution in [0.1, 0.15) is 13.3 Å². The lowest BCUT2D eigenvalue weighted by Crippen LogP contribution is -2.35. The summed E-state index contributed by atoms with van der Waals surface area (Å²) in [6.45, 7) is 1.89. The Morgan fingerprint density at radius 2 is 2.20 bits per heavy atom. The van der Waals surface area contributed by atoms with Gasteiger partial charge in [0.25, 0.3) is 0 Å². The maximum Gasteiger partial charge on any atom is 0.207 e. The monoisotopic (exact) mass is 142 g/mol. The molecule has 0 aliphatic heterocycles. The Morgan fingerprint density at radius 1 is 1.50 bits per heavy atom. The van der Waals surface area contributed by atoms with Crippen LogP contribution < -0.4 is 10.6 Å². The van der Waals surface area contributed by atoms with Crippen LogP contribution in [-0.4, -0.2) is 24.4 Å². The molecule has 0 radical (unpaired) electrons. The van der Waals surface area contributed by atoms with E-state index in [4.69, 9.17) is 0 Å². The second-order valence-electron chi connectivity index (χ2n) is 2.72. The van der Waals surface area contributed by atoms with Crippen molar-refractivity contribution in [2.45, 2.75) is 24.9 Å². The van der Waals surface area contributed by atoms with Gasteiger partial charge in [-0.2, -0.15) is 0 Å². The maximum absolute atomic E-state index is 9.98. The van der Waals surface area contributed by atoms with Gasteiger partial charge in [-0.15, -0.1) is 0 Å². The van der Waals surface area contributed by atoms with Crippen molar-refractivity contribution in [2.24, 2.45) is 0 Å². The second kappa shape index (κ2) is 2.28. The van der Waals surface area contributed by atoms with E-state index >= 15 is 0 Å². The maximum atomic E-state index is 9.98. The summed E-state index contributed by atoms with van der Waals surface area (Å²) in [6.07, 6.45) is 2.14. The van der Waals surface area contributed by atoms with E-state index in [1.807, 2.05) is 6.92 Å². The van der Waals surface area contributed by atoms with Crippen LogP contribution in [0.4, 0.5) is 0 Å². The van der Waals surface area contributed by atoms with E-state index < -0.39 is 0 Å². The lowest BCUT2D eigenvalue weighted by molar-refractivity contribution is -0.111. The first-order valence-corrected chi connectivity index (χ1v) is 3.14. The van der Waals surface area contributed by atoms with Crippen molar-refractivity contribution in [2.75, 3.05) is 0 Å². The third kappa shape index (κ3) is 1.10. The summed E-state index contributed by atoms with van der Waals surface area (Å²) in [6, 6.07) is 0.121. The first-order chi connectivity index (χ1) is 4.73. The molecule has 0 aromatic heterocycles. The molecule has 56 valence electrons. The molecule has 4 nitrogen and oxygen atoms in total. The quantitative estimate of drug-likeness (QED) is 0.495. The van der Waals surface area contributed by atoms with E-state index in [0.717, 1.165) is 6.42 Å². The van der Waals surface area contributed by atoms with Gasteiger partial charge in [-0.25, -0.2) is 0 Å². The molecule has 0 spiro atoms. The molecule has 2 N–H and O–H groups in total. The third-order valence-electron chi connectivity index (χ3n) is 1.90. The number of amides is 2. The Labute approximate surface area is 59.0 Å². The Bertz CT molecular complexity index is 160. The second-order valence-corrected chi connectivity index (χ2v) is 2.72. The summed E-state index contributed by atoms with van der Waals surface area (Å²) in [5, 5.41) is 5.22. The standard InChI is InChI=1S/C6H10N2O2/c1-6(8-4-10)2-5(6)7-3-9/h3-5H,2H2,1H3,(H,7,9)(H,8,10). The predicted molar refractivity (Wildman–Crippen MR) is 35.2 cm³/mol. The number of rotatable bonds is 4. The van der Waals surface area contributed by atoms with Crippen molar-refractivity contribution < 1.29 is 9.59 Å². The van der Waals surface area contributed by atoms with E-state index in [2.05, 4.69) is 10.6 Å². The number of hydrogen-bond acceptors (Lipinski definition) is 2.